The summed E-state index contributed by atoms with van der Waals surface area (Å²) in [4.78, 5) is 4.01. The van der Waals surface area contributed by atoms with E-state index >= 15 is 0 Å². The molecule has 0 bridgehead atoms. The van der Waals surface area contributed by atoms with Crippen LogP contribution in [0.4, 0.5) is 4.39 Å². The van der Waals surface area contributed by atoms with Gasteiger partial charge in [-0.3, -0.25) is 0 Å². The lowest BCUT2D eigenvalue weighted by Crippen LogP contribution is -1.83. The van der Waals surface area contributed by atoms with Crippen LogP contribution >= 0.6 is 11.6 Å². The summed E-state index contributed by atoms with van der Waals surface area (Å²) in [5, 5.41) is 0.459. The van der Waals surface area contributed by atoms with Crippen LogP contribution in [-0.2, 0) is 0 Å². The number of hydrogen-bond donors (Lipinski definition) is 0. The van der Waals surface area contributed by atoms with Crippen LogP contribution in [0.15, 0.2) is 48.9 Å². The highest BCUT2D eigenvalue weighted by Gasteiger charge is 2.05. The van der Waals surface area contributed by atoms with Gasteiger partial charge < -0.3 is 4.40 Å². The number of hydrogen-bond acceptors (Lipinski definition) is 1. The highest BCUT2D eigenvalue weighted by atomic mass is 35.5. The molecule has 0 fully saturated rings. The summed E-state index contributed by atoms with van der Waals surface area (Å²) >= 11 is 5.99. The van der Waals surface area contributed by atoms with Gasteiger partial charge in [0.05, 0.1) is 5.52 Å². The Kier molecular flexibility index (Phi) is 2.34. The fourth-order valence-electron chi connectivity index (χ4n) is 1.80. The Labute approximate surface area is 102 Å². The number of nitrogens with zero attached hydrogens (tertiary/aromatic N) is 2. The Morgan fingerprint density at radius 3 is 2.59 bits per heavy atom. The molecule has 0 amide bonds. The van der Waals surface area contributed by atoms with Crippen LogP contribution in [0.3, 0.4) is 0 Å². The Balaban J connectivity index is 2.18. The molecule has 0 saturated carbocycles. The van der Waals surface area contributed by atoms with Crippen molar-refractivity contribution in [1.29, 1.82) is 0 Å². The van der Waals surface area contributed by atoms with Crippen molar-refractivity contribution in [3.8, 4) is 11.1 Å². The van der Waals surface area contributed by atoms with Gasteiger partial charge in [-0.25, -0.2) is 9.37 Å². The van der Waals surface area contributed by atoms with Gasteiger partial charge >= 0.3 is 0 Å². The first kappa shape index (κ1) is 10.3. The van der Waals surface area contributed by atoms with Crippen molar-refractivity contribution in [1.82, 2.24) is 9.38 Å². The van der Waals surface area contributed by atoms with Gasteiger partial charge in [-0.15, -0.1) is 0 Å². The van der Waals surface area contributed by atoms with Gasteiger partial charge in [0.25, 0.3) is 0 Å². The molecule has 0 radical (unpaired) electrons. The van der Waals surface area contributed by atoms with Crippen molar-refractivity contribution in [2.75, 3.05) is 0 Å². The third-order valence-corrected chi connectivity index (χ3v) is 2.94. The van der Waals surface area contributed by atoms with Crippen LogP contribution < -0.4 is 0 Å². The summed E-state index contributed by atoms with van der Waals surface area (Å²) in [6.07, 6.45) is 5.41. The first-order valence-corrected chi connectivity index (χ1v) is 5.50. The molecule has 0 unspecified atom stereocenters. The Morgan fingerprint density at radius 2 is 1.88 bits per heavy atom. The molecule has 0 saturated heterocycles. The molecular weight excluding hydrogens is 239 g/mol. The van der Waals surface area contributed by atoms with Gasteiger partial charge in [-0.2, -0.15) is 0 Å². The van der Waals surface area contributed by atoms with Crippen molar-refractivity contribution < 1.29 is 4.39 Å². The minimum Gasteiger partial charge on any atom is -0.319 e. The summed E-state index contributed by atoms with van der Waals surface area (Å²) in [5.74, 6) is -0.239. The minimum atomic E-state index is -0.239. The molecule has 1 aromatic carbocycles. The number of rotatable bonds is 1. The lowest BCUT2D eigenvalue weighted by Gasteiger charge is -1.95. The maximum Gasteiger partial charge on any atom is 0.153 e. The first-order valence-electron chi connectivity index (χ1n) is 5.12. The fourth-order valence-corrected chi connectivity index (χ4v) is 2.01. The van der Waals surface area contributed by atoms with Crippen molar-refractivity contribution in [2.45, 2.75) is 0 Å². The van der Waals surface area contributed by atoms with E-state index in [0.717, 1.165) is 16.6 Å². The molecule has 2 nitrogen and oxygen atoms in total. The number of benzene rings is 1. The van der Waals surface area contributed by atoms with E-state index in [2.05, 4.69) is 4.98 Å². The predicted molar refractivity (Wildman–Crippen MR) is 65.6 cm³/mol. The molecule has 17 heavy (non-hydrogen) atoms. The molecule has 0 spiro atoms. The Morgan fingerprint density at radius 1 is 1.12 bits per heavy atom. The summed E-state index contributed by atoms with van der Waals surface area (Å²) < 4.78 is 14.7. The Bertz CT molecular complexity index is 673. The first-order chi connectivity index (χ1) is 8.24. The van der Waals surface area contributed by atoms with Gasteiger partial charge in [0.1, 0.15) is 5.82 Å². The maximum atomic E-state index is 12.8. The molecule has 2 aromatic heterocycles. The molecule has 84 valence electrons. The smallest absolute Gasteiger partial charge is 0.153 e. The summed E-state index contributed by atoms with van der Waals surface area (Å²) in [6.45, 7) is 0. The van der Waals surface area contributed by atoms with Crippen LogP contribution in [-0.4, -0.2) is 9.38 Å². The third-order valence-electron chi connectivity index (χ3n) is 2.65. The SMILES string of the molecule is Fc1ccc(-c2cc3c(Cl)nccn3c2)cc1. The van der Waals surface area contributed by atoms with Gasteiger partial charge in [-0.1, -0.05) is 23.7 Å². The normalized spacial score (nSPS) is 10.9. The van der Waals surface area contributed by atoms with Gasteiger partial charge in [0.15, 0.2) is 5.15 Å². The number of aromatic nitrogens is 2. The van der Waals surface area contributed by atoms with Crippen molar-refractivity contribution in [3.05, 3.63) is 59.9 Å². The summed E-state index contributed by atoms with van der Waals surface area (Å²) in [5.41, 5.74) is 2.78. The van der Waals surface area contributed by atoms with Crippen LogP contribution in [0.5, 0.6) is 0 Å². The van der Waals surface area contributed by atoms with Crippen LogP contribution in [0.25, 0.3) is 16.6 Å². The third kappa shape index (κ3) is 1.78. The molecule has 3 rings (SSSR count). The average molecular weight is 247 g/mol. The van der Waals surface area contributed by atoms with Crippen molar-refractivity contribution in [3.63, 3.8) is 0 Å². The van der Waals surface area contributed by atoms with Gasteiger partial charge in [-0.05, 0) is 23.8 Å². The molecule has 0 N–H and O–H groups in total. The average Bonchev–Trinajstić information content (AvgIpc) is 2.75. The summed E-state index contributed by atoms with van der Waals surface area (Å²) in [7, 11) is 0. The second-order valence-electron chi connectivity index (χ2n) is 3.75. The van der Waals surface area contributed by atoms with Crippen molar-refractivity contribution >= 4 is 17.1 Å². The fraction of sp³-hybridized carbons (Fsp3) is 0. The zero-order valence-corrected chi connectivity index (χ0v) is 9.53. The number of halogens is 2. The zero-order valence-electron chi connectivity index (χ0n) is 8.77. The minimum absolute atomic E-state index is 0.239. The molecule has 0 aliphatic rings. The van der Waals surface area contributed by atoms with Crippen LogP contribution in [0.1, 0.15) is 0 Å². The second kappa shape index (κ2) is 3.86. The van der Waals surface area contributed by atoms with Crippen LogP contribution in [0, 0.1) is 5.82 Å². The number of fused-ring (bicyclic) bond motifs is 1. The van der Waals surface area contributed by atoms with E-state index in [1.807, 2.05) is 22.9 Å². The van der Waals surface area contributed by atoms with E-state index in [1.165, 1.54) is 12.1 Å². The molecule has 4 heteroatoms. The zero-order chi connectivity index (χ0) is 11.8. The Hall–Kier alpha value is -1.87. The molecule has 3 aromatic rings. The van der Waals surface area contributed by atoms with E-state index in [-0.39, 0.29) is 5.82 Å². The van der Waals surface area contributed by atoms with Gasteiger partial charge in [0, 0.05) is 24.2 Å². The standard InChI is InChI=1S/C13H8ClFN2/c14-13-12-7-10(8-17(12)6-5-16-13)9-1-3-11(15)4-2-9/h1-8H. The highest BCUT2D eigenvalue weighted by molar-refractivity contribution is 6.32. The monoisotopic (exact) mass is 246 g/mol. The highest BCUT2D eigenvalue weighted by Crippen LogP contribution is 2.25. The lowest BCUT2D eigenvalue weighted by atomic mass is 10.1. The molecule has 0 atom stereocenters. The van der Waals surface area contributed by atoms with E-state index in [9.17, 15) is 4.39 Å². The molecule has 0 aliphatic carbocycles. The topological polar surface area (TPSA) is 17.3 Å². The van der Waals surface area contributed by atoms with Gasteiger partial charge in [0.2, 0.25) is 0 Å². The lowest BCUT2D eigenvalue weighted by molar-refractivity contribution is 0.628. The largest absolute Gasteiger partial charge is 0.319 e. The molecular formula is C13H8ClFN2. The molecule has 0 aliphatic heterocycles. The van der Waals surface area contributed by atoms with E-state index < -0.39 is 0 Å². The quantitative estimate of drug-likeness (QED) is 0.639. The van der Waals surface area contributed by atoms with E-state index in [4.69, 9.17) is 11.6 Å². The van der Waals surface area contributed by atoms with Crippen LogP contribution in [0.2, 0.25) is 5.15 Å². The summed E-state index contributed by atoms with van der Waals surface area (Å²) in [6, 6.07) is 8.30. The second-order valence-corrected chi connectivity index (χ2v) is 4.10. The predicted octanol–water partition coefficient (Wildman–Crippen LogP) is 3.79. The van der Waals surface area contributed by atoms with E-state index in [0.29, 0.717) is 5.15 Å². The molecule has 2 heterocycles. The van der Waals surface area contributed by atoms with Crippen molar-refractivity contribution in [2.24, 2.45) is 0 Å². The maximum absolute atomic E-state index is 12.8. The van der Waals surface area contributed by atoms with E-state index in [1.54, 1.807) is 18.3 Å².